The summed E-state index contributed by atoms with van der Waals surface area (Å²) >= 11 is 0. The van der Waals surface area contributed by atoms with E-state index >= 15 is 0 Å². The highest BCUT2D eigenvalue weighted by atomic mass is 19.1. The number of halogens is 1. The van der Waals surface area contributed by atoms with E-state index in [2.05, 4.69) is 56.9 Å². The molecule has 2 heterocycles. The van der Waals surface area contributed by atoms with Crippen LogP contribution in [0.3, 0.4) is 0 Å². The van der Waals surface area contributed by atoms with E-state index in [1.54, 1.807) is 12.1 Å². The van der Waals surface area contributed by atoms with Crippen molar-refractivity contribution < 1.29 is 9.18 Å². The molecule has 0 aliphatic heterocycles. The van der Waals surface area contributed by atoms with Crippen LogP contribution >= 0.6 is 0 Å². The lowest BCUT2D eigenvalue weighted by molar-refractivity contribution is 0.219. The zero-order valence-electron chi connectivity index (χ0n) is 23.1. The summed E-state index contributed by atoms with van der Waals surface area (Å²) in [5.74, 6) is 0.808. The Kier molecular flexibility index (Phi) is 8.04. The molecule has 208 valence electrons. The SMILES string of the molecule is CCCN(c1cc(NC(=O)Nc2ccccc2F)cc(-c2ccccc2-c2nnn[nH]2)n1)C1CCC(C)(C)CC1. The normalized spacial score (nSPS) is 15.0. The number of amides is 2. The zero-order chi connectivity index (χ0) is 28.1. The summed E-state index contributed by atoms with van der Waals surface area (Å²) in [5.41, 5.74) is 3.28. The van der Waals surface area contributed by atoms with Crippen molar-refractivity contribution in [2.45, 2.75) is 58.9 Å². The van der Waals surface area contributed by atoms with Crippen LogP contribution < -0.4 is 15.5 Å². The molecular weight excluding hydrogens is 507 g/mol. The van der Waals surface area contributed by atoms with Crippen LogP contribution in [-0.2, 0) is 0 Å². The second kappa shape index (κ2) is 11.8. The lowest BCUT2D eigenvalue weighted by Gasteiger charge is -2.41. The molecule has 0 atom stereocenters. The van der Waals surface area contributed by atoms with Crippen molar-refractivity contribution in [1.29, 1.82) is 0 Å². The number of benzene rings is 2. The molecule has 2 amide bonds. The van der Waals surface area contributed by atoms with E-state index in [-0.39, 0.29) is 5.69 Å². The van der Waals surface area contributed by atoms with Crippen LogP contribution in [0.5, 0.6) is 0 Å². The van der Waals surface area contributed by atoms with Gasteiger partial charge in [-0.05, 0) is 66.1 Å². The highest BCUT2D eigenvalue weighted by Gasteiger charge is 2.31. The minimum atomic E-state index is -0.539. The van der Waals surface area contributed by atoms with Crippen LogP contribution in [0.1, 0.15) is 52.9 Å². The molecular formula is C30H35FN8O. The molecule has 10 heteroatoms. The number of anilines is 3. The molecule has 2 aromatic heterocycles. The first-order valence-electron chi connectivity index (χ1n) is 13.8. The Hall–Kier alpha value is -4.34. The number of H-pyrrole nitrogens is 1. The Morgan fingerprint density at radius 1 is 1.05 bits per heavy atom. The number of carbonyl (C=O) groups excluding carboxylic acids is 1. The molecule has 1 aliphatic rings. The molecule has 0 radical (unpaired) electrons. The highest BCUT2D eigenvalue weighted by molar-refractivity contribution is 6.00. The minimum absolute atomic E-state index is 0.107. The summed E-state index contributed by atoms with van der Waals surface area (Å²) < 4.78 is 14.2. The lowest BCUT2D eigenvalue weighted by Crippen LogP contribution is -2.41. The maximum atomic E-state index is 14.2. The number of hydrogen-bond acceptors (Lipinski definition) is 6. The molecule has 3 N–H and O–H groups in total. The first-order chi connectivity index (χ1) is 19.3. The van der Waals surface area contributed by atoms with Crippen molar-refractivity contribution in [2.75, 3.05) is 22.1 Å². The fourth-order valence-electron chi connectivity index (χ4n) is 5.33. The number of para-hydroxylation sites is 1. The molecule has 1 aliphatic carbocycles. The number of aromatic amines is 1. The number of rotatable bonds is 8. The van der Waals surface area contributed by atoms with Crippen molar-refractivity contribution in [1.82, 2.24) is 25.6 Å². The number of carbonyl (C=O) groups is 1. The maximum absolute atomic E-state index is 14.2. The molecule has 5 rings (SSSR count). The molecule has 4 aromatic rings. The van der Waals surface area contributed by atoms with Gasteiger partial charge in [-0.3, -0.25) is 0 Å². The van der Waals surface area contributed by atoms with E-state index in [0.29, 0.717) is 28.7 Å². The number of pyridine rings is 1. The van der Waals surface area contributed by atoms with Gasteiger partial charge in [-0.2, -0.15) is 0 Å². The van der Waals surface area contributed by atoms with Gasteiger partial charge in [-0.25, -0.2) is 19.3 Å². The van der Waals surface area contributed by atoms with Crippen molar-refractivity contribution in [2.24, 2.45) is 5.41 Å². The number of nitrogens with one attached hydrogen (secondary N) is 3. The van der Waals surface area contributed by atoms with Gasteiger partial charge in [0.15, 0.2) is 5.82 Å². The van der Waals surface area contributed by atoms with Gasteiger partial charge < -0.3 is 15.5 Å². The van der Waals surface area contributed by atoms with Gasteiger partial charge in [0.1, 0.15) is 11.6 Å². The third kappa shape index (κ3) is 6.27. The molecule has 9 nitrogen and oxygen atoms in total. The Balaban J connectivity index is 1.54. The Bertz CT molecular complexity index is 1450. The third-order valence-corrected chi connectivity index (χ3v) is 7.50. The van der Waals surface area contributed by atoms with E-state index in [0.717, 1.165) is 55.6 Å². The van der Waals surface area contributed by atoms with Crippen molar-refractivity contribution >= 4 is 23.2 Å². The second-order valence-corrected chi connectivity index (χ2v) is 11.0. The van der Waals surface area contributed by atoms with Gasteiger partial charge in [0.2, 0.25) is 0 Å². The van der Waals surface area contributed by atoms with Gasteiger partial charge in [-0.15, -0.1) is 5.10 Å². The van der Waals surface area contributed by atoms with Crippen LogP contribution in [0.2, 0.25) is 0 Å². The second-order valence-electron chi connectivity index (χ2n) is 11.0. The van der Waals surface area contributed by atoms with Crippen LogP contribution in [0.25, 0.3) is 22.6 Å². The average Bonchev–Trinajstić information content (AvgIpc) is 3.48. The predicted octanol–water partition coefficient (Wildman–Crippen LogP) is 6.90. The Morgan fingerprint density at radius 3 is 2.48 bits per heavy atom. The highest BCUT2D eigenvalue weighted by Crippen LogP contribution is 2.39. The third-order valence-electron chi connectivity index (χ3n) is 7.50. The zero-order valence-corrected chi connectivity index (χ0v) is 23.1. The molecule has 1 saturated carbocycles. The molecule has 2 aromatic carbocycles. The summed E-state index contributed by atoms with van der Waals surface area (Å²) in [6, 6.07) is 17.3. The van der Waals surface area contributed by atoms with Gasteiger partial charge >= 0.3 is 6.03 Å². The number of urea groups is 1. The summed E-state index contributed by atoms with van der Waals surface area (Å²) in [4.78, 5) is 20.5. The number of tetrazole rings is 1. The summed E-state index contributed by atoms with van der Waals surface area (Å²) in [6.45, 7) is 7.67. The van der Waals surface area contributed by atoms with E-state index in [9.17, 15) is 9.18 Å². The topological polar surface area (TPSA) is 112 Å². The largest absolute Gasteiger partial charge is 0.354 e. The van der Waals surface area contributed by atoms with Gasteiger partial charge in [0.05, 0.1) is 11.4 Å². The quantitative estimate of drug-likeness (QED) is 0.223. The molecule has 0 saturated heterocycles. The van der Waals surface area contributed by atoms with Gasteiger partial charge in [0, 0.05) is 35.5 Å². The first-order valence-corrected chi connectivity index (χ1v) is 13.8. The number of aromatic nitrogens is 5. The molecule has 0 bridgehead atoms. The fourth-order valence-corrected chi connectivity index (χ4v) is 5.33. The number of hydrogen-bond donors (Lipinski definition) is 3. The average molecular weight is 543 g/mol. The fraction of sp³-hybridized carbons (Fsp3) is 0.367. The van der Waals surface area contributed by atoms with E-state index < -0.39 is 11.8 Å². The first kappa shape index (κ1) is 27.2. The van der Waals surface area contributed by atoms with Crippen LogP contribution in [0.4, 0.5) is 26.4 Å². The summed E-state index contributed by atoms with van der Waals surface area (Å²) in [7, 11) is 0. The smallest absolute Gasteiger partial charge is 0.323 e. The molecule has 0 unspecified atom stereocenters. The van der Waals surface area contributed by atoms with E-state index in [1.807, 2.05) is 36.4 Å². The van der Waals surface area contributed by atoms with Crippen LogP contribution in [0, 0.1) is 11.2 Å². The monoisotopic (exact) mass is 542 g/mol. The molecule has 1 fully saturated rings. The number of nitrogens with zero attached hydrogens (tertiary/aromatic N) is 5. The summed E-state index contributed by atoms with van der Waals surface area (Å²) in [5, 5.41) is 19.9. The standard InChI is InChI=1S/C30H35FN8O/c1-4-17-39(21-13-15-30(2,3)16-14-21)27-19-20(32-29(40)34-25-12-8-7-11-24(25)31)18-26(33-27)22-9-5-6-10-23(22)28-35-37-38-36-28/h5-12,18-19,21H,4,13-17H2,1-3H3,(H2,32,33,34,40)(H,35,36,37,38). The maximum Gasteiger partial charge on any atom is 0.323 e. The van der Waals surface area contributed by atoms with Crippen molar-refractivity contribution in [3.05, 3.63) is 66.5 Å². The van der Waals surface area contributed by atoms with E-state index in [1.165, 1.54) is 12.1 Å². The van der Waals surface area contributed by atoms with Gasteiger partial charge in [-0.1, -0.05) is 57.2 Å². The lowest BCUT2D eigenvalue weighted by atomic mass is 9.75. The predicted molar refractivity (Wildman–Crippen MR) is 156 cm³/mol. The molecule has 40 heavy (non-hydrogen) atoms. The van der Waals surface area contributed by atoms with E-state index in [4.69, 9.17) is 4.98 Å². The summed E-state index contributed by atoms with van der Waals surface area (Å²) in [6.07, 6.45) is 5.41. The van der Waals surface area contributed by atoms with Crippen molar-refractivity contribution in [3.8, 4) is 22.6 Å². The van der Waals surface area contributed by atoms with Crippen molar-refractivity contribution in [3.63, 3.8) is 0 Å². The Morgan fingerprint density at radius 2 is 1.77 bits per heavy atom. The molecule has 0 spiro atoms. The minimum Gasteiger partial charge on any atom is -0.354 e. The Labute approximate surface area is 233 Å². The van der Waals surface area contributed by atoms with Crippen LogP contribution in [0.15, 0.2) is 60.7 Å². The van der Waals surface area contributed by atoms with Gasteiger partial charge in [0.25, 0.3) is 0 Å². The van der Waals surface area contributed by atoms with Crippen LogP contribution in [-0.4, -0.2) is 44.2 Å².